The molecule has 6 heteroatoms. The molecule has 0 aliphatic carbocycles. The summed E-state index contributed by atoms with van der Waals surface area (Å²) in [7, 11) is 0. The molecule has 6 heavy (non-hydrogen) atoms. The van der Waals surface area contributed by atoms with Crippen LogP contribution in [0.25, 0.3) is 0 Å². The van der Waals surface area contributed by atoms with E-state index in [4.69, 9.17) is 0 Å². The van der Waals surface area contributed by atoms with Gasteiger partial charge in [0.2, 0.25) is 0 Å². The second-order valence-corrected chi connectivity index (χ2v) is 1.50. The average Bonchev–Trinajstić information content (AvgIpc) is 1.35. The first-order chi connectivity index (χ1) is 2.77. The molecular weight excluding hydrogens is 156 g/mol. The molecule has 38 valence electrons. The van der Waals surface area contributed by atoms with Gasteiger partial charge < -0.3 is 8.40 Å². The Bertz CT molecular complexity index is 30.0. The van der Waals surface area contributed by atoms with Gasteiger partial charge in [0.1, 0.15) is 0 Å². The van der Waals surface area contributed by atoms with Crippen molar-refractivity contribution in [1.29, 1.82) is 0 Å². The zero-order valence-corrected chi connectivity index (χ0v) is 4.27. The van der Waals surface area contributed by atoms with Gasteiger partial charge in [-0.25, -0.2) is 5.84 Å². The largest absolute Gasteiger partial charge is 0.465 e. The molecule has 0 spiro atoms. The number of rotatable bonds is 2. The van der Waals surface area contributed by atoms with E-state index < -0.39 is 14.8 Å². The minimum atomic E-state index is -3.14. The van der Waals surface area contributed by atoms with Gasteiger partial charge in [-0.3, -0.25) is 0 Å². The summed E-state index contributed by atoms with van der Waals surface area (Å²) in [6, 6.07) is 0. The van der Waals surface area contributed by atoms with Crippen molar-refractivity contribution in [2.75, 3.05) is 0 Å². The first-order valence-corrected chi connectivity index (χ1v) is 2.90. The van der Waals surface area contributed by atoms with Gasteiger partial charge in [0.25, 0.3) is 0 Å². The lowest BCUT2D eigenvalue weighted by Crippen LogP contribution is -2.40. The smallest absolute Gasteiger partial charge is 0.370 e. The highest BCUT2D eigenvalue weighted by Crippen LogP contribution is 1.60. The first kappa shape index (κ1) is 6.28. The second kappa shape index (κ2) is 3.47. The fourth-order valence-corrected chi connectivity index (χ4v) is 0.189. The van der Waals surface area contributed by atoms with Crippen molar-refractivity contribution in [3.8, 4) is 0 Å². The van der Waals surface area contributed by atoms with E-state index in [0.717, 1.165) is 0 Å². The molecule has 0 fully saturated rings. The van der Waals surface area contributed by atoms with Crippen molar-refractivity contribution in [3.63, 3.8) is 0 Å². The Kier molecular flexibility index (Phi) is 3.63. The van der Waals surface area contributed by atoms with Crippen LogP contribution in [0.5, 0.6) is 0 Å². The SMILES string of the molecule is NNO[Br+2]([O-])[O-]. The molecule has 0 aliphatic rings. The molecule has 5 nitrogen and oxygen atoms in total. The molecule has 0 bridgehead atoms. The molecule has 0 aromatic rings. The van der Waals surface area contributed by atoms with Gasteiger partial charge in [0.15, 0.2) is 0 Å². The van der Waals surface area contributed by atoms with Crippen LogP contribution in [0.1, 0.15) is 0 Å². The Balaban J connectivity index is 2.63. The van der Waals surface area contributed by atoms with Gasteiger partial charge >= 0.3 is 14.8 Å². The second-order valence-electron chi connectivity index (χ2n) is 0.384. The van der Waals surface area contributed by atoms with Crippen LogP contribution in [0.3, 0.4) is 0 Å². The van der Waals surface area contributed by atoms with E-state index in [2.05, 4.69) is 9.77 Å². The Morgan fingerprint density at radius 3 is 2.17 bits per heavy atom. The van der Waals surface area contributed by atoms with Crippen LogP contribution in [0.4, 0.5) is 0 Å². The maximum absolute atomic E-state index is 9.31. The fourth-order valence-electron chi connectivity index (χ4n) is 0.0364. The number of hydrogen-bond donors (Lipinski definition) is 2. The third-order valence-electron chi connectivity index (χ3n) is 0.108. The lowest BCUT2D eigenvalue weighted by Gasteiger charge is -1.83. The molecule has 0 aliphatic heterocycles. The number of hydrogen-bond acceptors (Lipinski definition) is 5. The van der Waals surface area contributed by atoms with Crippen molar-refractivity contribution in [2.24, 2.45) is 5.84 Å². The summed E-state index contributed by atoms with van der Waals surface area (Å²) in [5.41, 5.74) is 1.49. The molecule has 0 unspecified atom stereocenters. The standard InChI is InChI=1S/BrH3N2O3/c2-3-6-1(4)5/h3H,2H2. The maximum Gasteiger partial charge on any atom is 0.465 e. The molecule has 0 aromatic carbocycles. The van der Waals surface area contributed by atoms with Crippen LogP contribution in [-0.2, 0) is 3.93 Å². The van der Waals surface area contributed by atoms with Gasteiger partial charge in [-0.15, -0.1) is 0 Å². The molecule has 0 radical (unpaired) electrons. The van der Waals surface area contributed by atoms with E-state index in [1.165, 1.54) is 5.59 Å². The minimum Gasteiger partial charge on any atom is -0.370 e. The van der Waals surface area contributed by atoms with E-state index in [1.807, 2.05) is 0 Å². The van der Waals surface area contributed by atoms with Crippen molar-refractivity contribution >= 4 is 0 Å². The Morgan fingerprint density at radius 2 is 2.17 bits per heavy atom. The molecule has 0 heterocycles. The van der Waals surface area contributed by atoms with E-state index in [-0.39, 0.29) is 0 Å². The number of nitrogens with one attached hydrogen (secondary N) is 1. The predicted octanol–water partition coefficient (Wildman–Crippen LogP) is -3.53. The summed E-state index contributed by atoms with van der Waals surface area (Å²) in [5.74, 6) is 4.38. The van der Waals surface area contributed by atoms with E-state index >= 15 is 0 Å². The summed E-state index contributed by atoms with van der Waals surface area (Å²) in [5, 5.41) is 0. The van der Waals surface area contributed by atoms with Crippen LogP contribution in [-0.4, -0.2) is 0 Å². The van der Waals surface area contributed by atoms with Crippen molar-refractivity contribution < 1.29 is 27.1 Å². The third-order valence-corrected chi connectivity index (χ3v) is 0.559. The first-order valence-electron chi connectivity index (χ1n) is 0.956. The predicted molar refractivity (Wildman–Crippen MR) is 8.41 cm³/mol. The van der Waals surface area contributed by atoms with Gasteiger partial charge in [-0.1, -0.05) is 0 Å². The molecular formula is H3BrN2O3. The maximum atomic E-state index is 9.31. The summed E-state index contributed by atoms with van der Waals surface area (Å²) >= 11 is -3.14. The van der Waals surface area contributed by atoms with Crippen molar-refractivity contribution in [2.45, 2.75) is 0 Å². The van der Waals surface area contributed by atoms with Gasteiger partial charge in [-0.05, 0) is 5.59 Å². The summed E-state index contributed by atoms with van der Waals surface area (Å²) in [6.45, 7) is 0. The van der Waals surface area contributed by atoms with Gasteiger partial charge in [0, 0.05) is 0 Å². The number of hydrazine groups is 1. The Hall–Kier alpha value is 0.280. The molecule has 0 saturated heterocycles. The molecule has 0 aromatic heterocycles. The van der Waals surface area contributed by atoms with Crippen LogP contribution in [0.15, 0.2) is 0 Å². The third kappa shape index (κ3) is 4.28. The Labute approximate surface area is 39.5 Å². The van der Waals surface area contributed by atoms with Crippen molar-refractivity contribution in [3.05, 3.63) is 0 Å². The zero-order chi connectivity index (χ0) is 4.99. The van der Waals surface area contributed by atoms with Crippen LogP contribution < -0.4 is 19.8 Å². The number of halogens is 1. The summed E-state index contributed by atoms with van der Waals surface area (Å²) < 4.78 is 22.2. The molecule has 3 N–H and O–H groups in total. The van der Waals surface area contributed by atoms with Crippen LogP contribution in [0.2, 0.25) is 0 Å². The minimum absolute atomic E-state index is 1.49. The normalized spacial score (nSPS) is 10.0. The topological polar surface area (TPSA) is 93.4 Å². The molecule has 0 rings (SSSR count). The lowest BCUT2D eigenvalue weighted by molar-refractivity contribution is -1.63. The molecule has 0 atom stereocenters. The molecule has 0 saturated carbocycles. The summed E-state index contributed by atoms with van der Waals surface area (Å²) in [4.78, 5) is 0. The van der Waals surface area contributed by atoms with Gasteiger partial charge in [-0.2, -0.15) is 0 Å². The highest BCUT2D eigenvalue weighted by atomic mass is 80.0. The van der Waals surface area contributed by atoms with E-state index in [0.29, 0.717) is 0 Å². The highest BCUT2D eigenvalue weighted by molar-refractivity contribution is 3.48. The monoisotopic (exact) mass is 158 g/mol. The van der Waals surface area contributed by atoms with Crippen molar-refractivity contribution in [1.82, 2.24) is 5.59 Å². The average molecular weight is 159 g/mol. The fraction of sp³-hybridized carbons (Fsp3) is 0. The summed E-state index contributed by atoms with van der Waals surface area (Å²) in [6.07, 6.45) is 0. The van der Waals surface area contributed by atoms with E-state index in [1.54, 1.807) is 0 Å². The number of nitrogens with two attached hydrogens (primary N) is 1. The highest BCUT2D eigenvalue weighted by Gasteiger charge is 2.04. The van der Waals surface area contributed by atoms with E-state index in [9.17, 15) is 8.40 Å². The Morgan fingerprint density at radius 1 is 1.67 bits per heavy atom. The lowest BCUT2D eigenvalue weighted by atomic mass is 12.8. The van der Waals surface area contributed by atoms with Crippen LogP contribution in [0, 0.1) is 14.8 Å². The van der Waals surface area contributed by atoms with Crippen LogP contribution >= 0.6 is 0 Å². The zero-order valence-electron chi connectivity index (χ0n) is 2.68. The van der Waals surface area contributed by atoms with Gasteiger partial charge in [0.05, 0.1) is 3.93 Å². The quantitative estimate of drug-likeness (QED) is 0.321. The molecule has 0 amide bonds.